The Morgan fingerprint density at radius 2 is 1.71 bits per heavy atom. The van der Waals surface area contributed by atoms with Gasteiger partial charge in [0.25, 0.3) is 0 Å². The third kappa shape index (κ3) is 5.05. The number of methoxy groups -OCH3 is 2. The number of nitrogens with one attached hydrogen (secondary N) is 2. The van der Waals surface area contributed by atoms with Gasteiger partial charge >= 0.3 is 0 Å². The third-order valence-electron chi connectivity index (χ3n) is 4.76. The van der Waals surface area contributed by atoms with Gasteiger partial charge in [0.15, 0.2) is 16.6 Å². The van der Waals surface area contributed by atoms with Gasteiger partial charge in [-0.2, -0.15) is 0 Å². The van der Waals surface area contributed by atoms with Crippen molar-refractivity contribution in [3.63, 3.8) is 0 Å². The first-order valence-corrected chi connectivity index (χ1v) is 9.73. The van der Waals surface area contributed by atoms with E-state index in [0.29, 0.717) is 16.6 Å². The standard InChI is InChI=1S/C21H27N3O3S/c1-15(16-4-7-18(8-5-16)24-10-12-27-13-11-24)22-21(28)23-17-6-9-19(25-2)20(14-17)26-3/h4-9,14-15H,10-13H2,1-3H3,(H2,22,23,28). The predicted octanol–water partition coefficient (Wildman–Crippen LogP) is 3.59. The van der Waals surface area contributed by atoms with Crippen molar-refractivity contribution in [3.05, 3.63) is 48.0 Å². The van der Waals surface area contributed by atoms with Gasteiger partial charge in [-0.05, 0) is 49.0 Å². The summed E-state index contributed by atoms with van der Waals surface area (Å²) in [5.41, 5.74) is 3.24. The monoisotopic (exact) mass is 401 g/mol. The molecule has 1 fully saturated rings. The van der Waals surface area contributed by atoms with Crippen LogP contribution in [0.3, 0.4) is 0 Å². The molecule has 2 N–H and O–H groups in total. The predicted molar refractivity (Wildman–Crippen MR) is 117 cm³/mol. The Hall–Kier alpha value is -2.51. The van der Waals surface area contributed by atoms with Crippen LogP contribution in [0, 0.1) is 0 Å². The highest BCUT2D eigenvalue weighted by Gasteiger charge is 2.13. The molecule has 0 radical (unpaired) electrons. The van der Waals surface area contributed by atoms with Crippen LogP contribution in [-0.4, -0.2) is 45.6 Å². The maximum atomic E-state index is 5.46. The van der Waals surface area contributed by atoms with Crippen molar-refractivity contribution in [3.8, 4) is 11.5 Å². The maximum absolute atomic E-state index is 5.46. The van der Waals surface area contributed by atoms with Crippen molar-refractivity contribution in [1.82, 2.24) is 5.32 Å². The number of hydrogen-bond donors (Lipinski definition) is 2. The molecule has 28 heavy (non-hydrogen) atoms. The highest BCUT2D eigenvalue weighted by molar-refractivity contribution is 7.80. The molecule has 7 heteroatoms. The zero-order valence-electron chi connectivity index (χ0n) is 16.5. The summed E-state index contributed by atoms with van der Waals surface area (Å²) in [7, 11) is 3.23. The molecular weight excluding hydrogens is 374 g/mol. The summed E-state index contributed by atoms with van der Waals surface area (Å²) >= 11 is 5.46. The second-order valence-electron chi connectivity index (χ2n) is 6.58. The van der Waals surface area contributed by atoms with Crippen LogP contribution in [-0.2, 0) is 4.74 Å². The van der Waals surface area contributed by atoms with Gasteiger partial charge in [-0.15, -0.1) is 0 Å². The van der Waals surface area contributed by atoms with Gasteiger partial charge in [0.1, 0.15) is 0 Å². The first kappa shape index (κ1) is 20.2. The van der Waals surface area contributed by atoms with Crippen LogP contribution in [0.5, 0.6) is 11.5 Å². The van der Waals surface area contributed by atoms with E-state index in [1.807, 2.05) is 18.2 Å². The lowest BCUT2D eigenvalue weighted by Crippen LogP contribution is -2.36. The number of hydrogen-bond acceptors (Lipinski definition) is 5. The average Bonchev–Trinajstić information content (AvgIpc) is 2.74. The number of anilines is 2. The minimum Gasteiger partial charge on any atom is -0.493 e. The Morgan fingerprint density at radius 3 is 2.36 bits per heavy atom. The van der Waals surface area contributed by atoms with Crippen LogP contribution in [0.1, 0.15) is 18.5 Å². The van der Waals surface area contributed by atoms with Gasteiger partial charge in [-0.25, -0.2) is 0 Å². The summed E-state index contributed by atoms with van der Waals surface area (Å²) in [4.78, 5) is 2.34. The topological polar surface area (TPSA) is 55.0 Å². The van der Waals surface area contributed by atoms with E-state index < -0.39 is 0 Å². The molecule has 0 amide bonds. The molecule has 1 unspecified atom stereocenters. The Balaban J connectivity index is 1.58. The van der Waals surface area contributed by atoms with Crippen LogP contribution in [0.4, 0.5) is 11.4 Å². The smallest absolute Gasteiger partial charge is 0.171 e. The Morgan fingerprint density at radius 1 is 1.04 bits per heavy atom. The molecule has 1 atom stereocenters. The lowest BCUT2D eigenvalue weighted by molar-refractivity contribution is 0.122. The highest BCUT2D eigenvalue weighted by Crippen LogP contribution is 2.29. The largest absolute Gasteiger partial charge is 0.493 e. The SMILES string of the molecule is COc1ccc(NC(=S)NC(C)c2ccc(N3CCOCC3)cc2)cc1OC. The second kappa shape index (κ2) is 9.61. The van der Waals surface area contributed by atoms with Gasteiger partial charge in [-0.3, -0.25) is 0 Å². The number of thiocarbonyl (C=S) groups is 1. The molecule has 150 valence electrons. The molecule has 1 aliphatic rings. The van der Waals surface area contributed by atoms with Crippen molar-refractivity contribution in [2.45, 2.75) is 13.0 Å². The zero-order valence-corrected chi connectivity index (χ0v) is 17.3. The van der Waals surface area contributed by atoms with Gasteiger partial charge in [0.05, 0.1) is 33.5 Å². The van der Waals surface area contributed by atoms with E-state index in [-0.39, 0.29) is 6.04 Å². The number of rotatable bonds is 6. The van der Waals surface area contributed by atoms with Crippen molar-refractivity contribution in [1.29, 1.82) is 0 Å². The van der Waals surface area contributed by atoms with Crippen LogP contribution in [0.2, 0.25) is 0 Å². The highest BCUT2D eigenvalue weighted by atomic mass is 32.1. The maximum Gasteiger partial charge on any atom is 0.171 e. The van der Waals surface area contributed by atoms with Crippen molar-refractivity contribution >= 4 is 28.7 Å². The summed E-state index contributed by atoms with van der Waals surface area (Å²) < 4.78 is 16.0. The molecule has 1 heterocycles. The fourth-order valence-electron chi connectivity index (χ4n) is 3.16. The molecule has 0 spiro atoms. The Bertz CT molecular complexity index is 792. The summed E-state index contributed by atoms with van der Waals surface area (Å²) in [5.74, 6) is 1.34. The molecule has 1 aliphatic heterocycles. The molecule has 3 rings (SSSR count). The van der Waals surface area contributed by atoms with Crippen molar-refractivity contribution in [2.75, 3.05) is 50.7 Å². The second-order valence-corrected chi connectivity index (χ2v) is 6.99. The van der Waals surface area contributed by atoms with Crippen molar-refractivity contribution < 1.29 is 14.2 Å². The summed E-state index contributed by atoms with van der Waals surface area (Å²) in [6.45, 7) is 5.54. The Kier molecular flexibility index (Phi) is 6.95. The summed E-state index contributed by atoms with van der Waals surface area (Å²) in [5, 5.41) is 7.07. The van der Waals surface area contributed by atoms with Crippen molar-refractivity contribution in [2.24, 2.45) is 0 Å². The lowest BCUT2D eigenvalue weighted by Gasteiger charge is -2.29. The van der Waals surface area contributed by atoms with Crippen LogP contribution < -0.4 is 25.0 Å². The molecule has 0 aliphatic carbocycles. The number of morpholine rings is 1. The minimum atomic E-state index is 0.0823. The number of benzene rings is 2. The van der Waals surface area contributed by atoms with E-state index in [1.165, 1.54) is 11.3 Å². The van der Waals surface area contributed by atoms with E-state index in [4.69, 9.17) is 26.4 Å². The van der Waals surface area contributed by atoms with Crippen LogP contribution in [0.25, 0.3) is 0 Å². The normalized spacial score (nSPS) is 14.9. The van der Waals surface area contributed by atoms with Crippen LogP contribution >= 0.6 is 12.2 Å². The first-order valence-electron chi connectivity index (χ1n) is 9.33. The molecule has 0 saturated carbocycles. The lowest BCUT2D eigenvalue weighted by atomic mass is 10.1. The van der Waals surface area contributed by atoms with Gasteiger partial charge in [0.2, 0.25) is 0 Å². The van der Waals surface area contributed by atoms with Gasteiger partial charge in [-0.1, -0.05) is 12.1 Å². The quantitative estimate of drug-likeness (QED) is 0.718. The minimum absolute atomic E-state index is 0.0823. The fourth-order valence-corrected chi connectivity index (χ4v) is 3.45. The third-order valence-corrected chi connectivity index (χ3v) is 4.98. The van der Waals surface area contributed by atoms with E-state index in [2.05, 4.69) is 46.7 Å². The van der Waals surface area contributed by atoms with Gasteiger partial charge < -0.3 is 29.7 Å². The molecule has 6 nitrogen and oxygen atoms in total. The summed E-state index contributed by atoms with van der Waals surface area (Å²) in [6.07, 6.45) is 0. The van der Waals surface area contributed by atoms with Crippen LogP contribution in [0.15, 0.2) is 42.5 Å². The fraction of sp³-hybridized carbons (Fsp3) is 0.381. The van der Waals surface area contributed by atoms with E-state index in [9.17, 15) is 0 Å². The molecule has 1 saturated heterocycles. The molecule has 0 aromatic heterocycles. The molecule has 2 aromatic rings. The molecule has 0 bridgehead atoms. The number of ether oxygens (including phenoxy) is 3. The molecule has 2 aromatic carbocycles. The zero-order chi connectivity index (χ0) is 19.9. The number of nitrogens with zero attached hydrogens (tertiary/aromatic N) is 1. The van der Waals surface area contributed by atoms with Gasteiger partial charge in [0, 0.05) is 30.5 Å². The molecular formula is C21H27N3O3S. The van der Waals surface area contributed by atoms with E-state index >= 15 is 0 Å². The average molecular weight is 402 g/mol. The van der Waals surface area contributed by atoms with E-state index in [1.54, 1.807) is 14.2 Å². The first-order chi connectivity index (χ1) is 13.6. The van der Waals surface area contributed by atoms with E-state index in [0.717, 1.165) is 32.0 Å². The summed E-state index contributed by atoms with van der Waals surface area (Å²) in [6, 6.07) is 14.3. The Labute approximate surface area is 171 Å².